The molecule has 1 aromatic heterocycles. The summed E-state index contributed by atoms with van der Waals surface area (Å²) in [5.74, 6) is 1.85. The summed E-state index contributed by atoms with van der Waals surface area (Å²) in [5.41, 5.74) is 1.88. The SMILES string of the molecule is COc1ccc(NC(=O)C[C@@H]2C[C@@H](C(C)C)[C@H](CO)C=C2C)cn1. The van der Waals surface area contributed by atoms with Gasteiger partial charge in [0.05, 0.1) is 19.0 Å². The lowest BCUT2D eigenvalue weighted by Gasteiger charge is -2.36. The van der Waals surface area contributed by atoms with E-state index in [4.69, 9.17) is 4.74 Å². The molecule has 1 amide bonds. The average Bonchev–Trinajstić information content (AvgIpc) is 2.56. The van der Waals surface area contributed by atoms with Crippen LogP contribution in [0.25, 0.3) is 0 Å². The van der Waals surface area contributed by atoms with E-state index < -0.39 is 0 Å². The number of methoxy groups -OCH3 is 1. The second kappa shape index (κ2) is 8.29. The summed E-state index contributed by atoms with van der Waals surface area (Å²) in [6.07, 6.45) is 5.15. The quantitative estimate of drug-likeness (QED) is 0.784. The van der Waals surface area contributed by atoms with Gasteiger partial charge in [0.15, 0.2) is 0 Å². The number of rotatable bonds is 6. The number of aromatic nitrogens is 1. The third kappa shape index (κ3) is 4.57. The molecule has 24 heavy (non-hydrogen) atoms. The van der Waals surface area contributed by atoms with E-state index in [1.165, 1.54) is 5.57 Å². The third-order valence-corrected chi connectivity index (χ3v) is 4.96. The molecule has 0 saturated carbocycles. The van der Waals surface area contributed by atoms with Crippen molar-refractivity contribution in [2.24, 2.45) is 23.7 Å². The van der Waals surface area contributed by atoms with E-state index in [1.54, 1.807) is 25.4 Å². The Balaban J connectivity index is 1.99. The molecule has 5 nitrogen and oxygen atoms in total. The number of anilines is 1. The normalized spacial score (nSPS) is 23.8. The highest BCUT2D eigenvalue weighted by atomic mass is 16.5. The molecule has 1 aromatic rings. The first-order valence-electron chi connectivity index (χ1n) is 8.53. The van der Waals surface area contributed by atoms with Gasteiger partial charge in [0.1, 0.15) is 0 Å². The van der Waals surface area contributed by atoms with Crippen molar-refractivity contribution < 1.29 is 14.6 Å². The maximum atomic E-state index is 12.4. The molecule has 0 saturated heterocycles. The molecular weight excluding hydrogens is 304 g/mol. The van der Waals surface area contributed by atoms with Gasteiger partial charge in [-0.3, -0.25) is 4.79 Å². The number of aliphatic hydroxyl groups is 1. The van der Waals surface area contributed by atoms with Crippen LogP contribution >= 0.6 is 0 Å². The number of amides is 1. The summed E-state index contributed by atoms with van der Waals surface area (Å²) in [5, 5.41) is 12.5. The van der Waals surface area contributed by atoms with Crippen molar-refractivity contribution in [2.45, 2.75) is 33.6 Å². The highest BCUT2D eigenvalue weighted by Crippen LogP contribution is 2.38. The van der Waals surface area contributed by atoms with Crippen molar-refractivity contribution in [2.75, 3.05) is 19.0 Å². The molecule has 2 rings (SSSR count). The molecular formula is C19H28N2O3. The Labute approximate surface area is 144 Å². The maximum Gasteiger partial charge on any atom is 0.225 e. The van der Waals surface area contributed by atoms with E-state index in [0.29, 0.717) is 29.8 Å². The number of carbonyl (C=O) groups is 1. The number of carbonyl (C=O) groups excluding carboxylic acids is 1. The van der Waals surface area contributed by atoms with E-state index in [2.05, 4.69) is 37.1 Å². The number of pyridine rings is 1. The molecule has 1 heterocycles. The molecule has 0 aliphatic heterocycles. The summed E-state index contributed by atoms with van der Waals surface area (Å²) in [7, 11) is 1.56. The van der Waals surface area contributed by atoms with Crippen molar-refractivity contribution in [3.8, 4) is 5.88 Å². The zero-order valence-corrected chi connectivity index (χ0v) is 15.0. The van der Waals surface area contributed by atoms with E-state index >= 15 is 0 Å². The van der Waals surface area contributed by atoms with Crippen LogP contribution in [0.5, 0.6) is 5.88 Å². The molecule has 0 radical (unpaired) electrons. The van der Waals surface area contributed by atoms with E-state index in [1.807, 2.05) is 0 Å². The predicted octanol–water partition coefficient (Wildman–Crippen LogP) is 3.27. The van der Waals surface area contributed by atoms with Crippen LogP contribution in [0.4, 0.5) is 5.69 Å². The Morgan fingerprint density at radius 3 is 2.75 bits per heavy atom. The number of ether oxygens (including phenoxy) is 1. The largest absolute Gasteiger partial charge is 0.481 e. The summed E-state index contributed by atoms with van der Waals surface area (Å²) in [4.78, 5) is 16.5. The zero-order valence-electron chi connectivity index (χ0n) is 15.0. The number of aliphatic hydroxyl groups excluding tert-OH is 1. The molecule has 0 fully saturated rings. The van der Waals surface area contributed by atoms with Gasteiger partial charge in [-0.2, -0.15) is 0 Å². The van der Waals surface area contributed by atoms with Crippen LogP contribution < -0.4 is 10.1 Å². The van der Waals surface area contributed by atoms with Gasteiger partial charge in [-0.25, -0.2) is 4.98 Å². The minimum atomic E-state index is -0.00956. The number of hydrogen-bond donors (Lipinski definition) is 2. The first-order chi connectivity index (χ1) is 11.4. The average molecular weight is 332 g/mol. The fourth-order valence-electron chi connectivity index (χ4n) is 3.50. The van der Waals surface area contributed by atoms with E-state index in [0.717, 1.165) is 6.42 Å². The third-order valence-electron chi connectivity index (χ3n) is 4.96. The zero-order chi connectivity index (χ0) is 17.7. The molecule has 3 atom stereocenters. The monoisotopic (exact) mass is 332 g/mol. The Morgan fingerprint density at radius 1 is 1.46 bits per heavy atom. The van der Waals surface area contributed by atoms with Gasteiger partial charge in [-0.15, -0.1) is 0 Å². The highest BCUT2D eigenvalue weighted by molar-refractivity contribution is 5.90. The lowest BCUT2D eigenvalue weighted by atomic mass is 9.70. The molecule has 132 valence electrons. The van der Waals surface area contributed by atoms with Crippen LogP contribution in [0, 0.1) is 23.7 Å². The van der Waals surface area contributed by atoms with Gasteiger partial charge >= 0.3 is 0 Å². The fourth-order valence-corrected chi connectivity index (χ4v) is 3.50. The van der Waals surface area contributed by atoms with Crippen LogP contribution in [-0.2, 0) is 4.79 Å². The molecule has 0 aromatic carbocycles. The highest BCUT2D eigenvalue weighted by Gasteiger charge is 2.32. The van der Waals surface area contributed by atoms with Gasteiger partial charge in [0.2, 0.25) is 11.8 Å². The molecule has 5 heteroatoms. The van der Waals surface area contributed by atoms with E-state index in [9.17, 15) is 9.90 Å². The van der Waals surface area contributed by atoms with Gasteiger partial charge in [0.25, 0.3) is 0 Å². The van der Waals surface area contributed by atoms with Gasteiger partial charge in [-0.05, 0) is 37.2 Å². The topological polar surface area (TPSA) is 71.5 Å². The smallest absolute Gasteiger partial charge is 0.225 e. The Morgan fingerprint density at radius 2 is 2.21 bits per heavy atom. The van der Waals surface area contributed by atoms with Crippen LogP contribution in [-0.4, -0.2) is 29.7 Å². The Hall–Kier alpha value is -1.88. The lowest BCUT2D eigenvalue weighted by molar-refractivity contribution is -0.117. The van der Waals surface area contributed by atoms with Gasteiger partial charge in [-0.1, -0.05) is 25.5 Å². The molecule has 0 spiro atoms. The predicted molar refractivity (Wildman–Crippen MR) is 94.8 cm³/mol. The first kappa shape index (κ1) is 18.5. The van der Waals surface area contributed by atoms with Crippen LogP contribution in [0.15, 0.2) is 30.0 Å². The first-order valence-corrected chi connectivity index (χ1v) is 8.53. The van der Waals surface area contributed by atoms with Crippen LogP contribution in [0.1, 0.15) is 33.6 Å². The molecule has 1 aliphatic carbocycles. The van der Waals surface area contributed by atoms with Crippen LogP contribution in [0.2, 0.25) is 0 Å². The van der Waals surface area contributed by atoms with Crippen molar-refractivity contribution >= 4 is 11.6 Å². The van der Waals surface area contributed by atoms with Crippen molar-refractivity contribution in [3.63, 3.8) is 0 Å². The van der Waals surface area contributed by atoms with E-state index in [-0.39, 0.29) is 24.3 Å². The maximum absolute atomic E-state index is 12.4. The number of allylic oxidation sites excluding steroid dienone is 1. The Bertz CT molecular complexity index is 581. The number of nitrogens with zero attached hydrogens (tertiary/aromatic N) is 1. The van der Waals surface area contributed by atoms with Crippen molar-refractivity contribution in [3.05, 3.63) is 30.0 Å². The summed E-state index contributed by atoms with van der Waals surface area (Å²) >= 11 is 0. The van der Waals surface area contributed by atoms with Gasteiger partial charge < -0.3 is 15.2 Å². The Kier molecular flexibility index (Phi) is 6.37. The minimum absolute atomic E-state index is 0.00956. The standard InChI is InChI=1S/C19H28N2O3/c1-12(2)17-8-14(13(3)7-15(17)11-22)9-18(23)21-16-5-6-19(24-4)20-10-16/h5-7,10,12,14-15,17,22H,8-9,11H2,1-4H3,(H,21,23)/t14-,15-,17-/m0/s1. The number of nitrogens with one attached hydrogen (secondary N) is 1. The molecule has 0 bridgehead atoms. The molecule has 1 aliphatic rings. The lowest BCUT2D eigenvalue weighted by Crippen LogP contribution is -2.31. The second-order valence-corrected chi connectivity index (χ2v) is 6.94. The molecule has 0 unspecified atom stereocenters. The summed E-state index contributed by atoms with van der Waals surface area (Å²) in [6.45, 7) is 6.60. The van der Waals surface area contributed by atoms with Crippen LogP contribution in [0.3, 0.4) is 0 Å². The van der Waals surface area contributed by atoms with Crippen molar-refractivity contribution in [1.82, 2.24) is 4.98 Å². The minimum Gasteiger partial charge on any atom is -0.481 e. The second-order valence-electron chi connectivity index (χ2n) is 6.94. The fraction of sp³-hybridized carbons (Fsp3) is 0.579. The van der Waals surface area contributed by atoms with Crippen molar-refractivity contribution in [1.29, 1.82) is 0 Å². The van der Waals surface area contributed by atoms with Gasteiger partial charge in [0, 0.05) is 25.0 Å². The molecule has 2 N–H and O–H groups in total. The number of hydrogen-bond acceptors (Lipinski definition) is 4. The summed E-state index contributed by atoms with van der Waals surface area (Å²) < 4.78 is 5.01. The summed E-state index contributed by atoms with van der Waals surface area (Å²) in [6, 6.07) is 3.51.